The average Bonchev–Trinajstić information content (AvgIpc) is 3.16. The second-order valence-corrected chi connectivity index (χ2v) is 7.59. The normalized spacial score (nSPS) is 18.8. The fourth-order valence-electron chi connectivity index (χ4n) is 3.96. The number of halogens is 1. The molecule has 152 valence electrons. The number of nitrogens with one attached hydrogen (secondary N) is 1. The van der Waals surface area contributed by atoms with Gasteiger partial charge in [0.2, 0.25) is 11.8 Å². The van der Waals surface area contributed by atoms with Crippen LogP contribution in [0.15, 0.2) is 30.3 Å². The lowest BCUT2D eigenvalue weighted by Crippen LogP contribution is -2.53. The molecule has 28 heavy (non-hydrogen) atoms. The molecule has 1 aliphatic heterocycles. The molecule has 0 spiro atoms. The second kappa shape index (κ2) is 10.4. The van der Waals surface area contributed by atoms with Crippen molar-refractivity contribution >= 4 is 24.2 Å². The zero-order valence-corrected chi connectivity index (χ0v) is 17.0. The lowest BCUT2D eigenvalue weighted by Gasteiger charge is -2.35. The lowest BCUT2D eigenvalue weighted by molar-refractivity contribution is -0.133. The van der Waals surface area contributed by atoms with Crippen LogP contribution < -0.4 is 5.32 Å². The molecule has 2 amide bonds. The molecule has 7 heteroatoms. The number of piperazine rings is 1. The van der Waals surface area contributed by atoms with Crippen molar-refractivity contribution in [2.75, 3.05) is 32.7 Å². The van der Waals surface area contributed by atoms with Gasteiger partial charge in [0.05, 0.1) is 12.6 Å². The molecule has 0 radical (unpaired) electrons. The van der Waals surface area contributed by atoms with Crippen LogP contribution in [0, 0.1) is 11.3 Å². The molecule has 1 aliphatic carbocycles. The van der Waals surface area contributed by atoms with Crippen LogP contribution in [0.4, 0.5) is 0 Å². The van der Waals surface area contributed by atoms with Crippen molar-refractivity contribution < 1.29 is 9.59 Å². The van der Waals surface area contributed by atoms with Crippen LogP contribution in [-0.2, 0) is 16.0 Å². The summed E-state index contributed by atoms with van der Waals surface area (Å²) in [6.07, 6.45) is 4.78. The summed E-state index contributed by atoms with van der Waals surface area (Å²) in [5.74, 6) is 0.0969. The van der Waals surface area contributed by atoms with E-state index in [9.17, 15) is 14.9 Å². The van der Waals surface area contributed by atoms with Gasteiger partial charge in [-0.05, 0) is 37.7 Å². The molecule has 0 atom stereocenters. The first-order valence-corrected chi connectivity index (χ1v) is 9.87. The van der Waals surface area contributed by atoms with Crippen LogP contribution in [0.3, 0.4) is 0 Å². The van der Waals surface area contributed by atoms with Gasteiger partial charge in [0.1, 0.15) is 5.54 Å². The molecule has 1 saturated carbocycles. The van der Waals surface area contributed by atoms with E-state index >= 15 is 0 Å². The fourth-order valence-corrected chi connectivity index (χ4v) is 3.96. The predicted octanol–water partition coefficient (Wildman–Crippen LogP) is 2.14. The van der Waals surface area contributed by atoms with Crippen molar-refractivity contribution in [3.05, 3.63) is 35.9 Å². The number of nitriles is 1. The smallest absolute Gasteiger partial charge is 0.235 e. The topological polar surface area (TPSA) is 76.4 Å². The molecule has 2 fully saturated rings. The van der Waals surface area contributed by atoms with Gasteiger partial charge in [-0.1, -0.05) is 30.3 Å². The summed E-state index contributed by atoms with van der Waals surface area (Å²) >= 11 is 0. The summed E-state index contributed by atoms with van der Waals surface area (Å²) in [5.41, 5.74) is 0.520. The molecular weight excluding hydrogens is 376 g/mol. The van der Waals surface area contributed by atoms with Crippen molar-refractivity contribution in [2.45, 2.75) is 44.1 Å². The summed E-state index contributed by atoms with van der Waals surface area (Å²) < 4.78 is 0. The minimum absolute atomic E-state index is 0. The Labute approximate surface area is 173 Å². The Morgan fingerprint density at radius 3 is 2.32 bits per heavy atom. The number of amides is 2. The van der Waals surface area contributed by atoms with Gasteiger partial charge in [-0.2, -0.15) is 5.26 Å². The average molecular weight is 405 g/mol. The van der Waals surface area contributed by atoms with E-state index in [1.54, 1.807) is 0 Å². The number of hydrogen-bond donors (Lipinski definition) is 1. The van der Waals surface area contributed by atoms with Gasteiger partial charge >= 0.3 is 0 Å². The number of nitrogens with zero attached hydrogens (tertiary/aromatic N) is 3. The van der Waals surface area contributed by atoms with Gasteiger partial charge < -0.3 is 10.2 Å². The third kappa shape index (κ3) is 5.95. The third-order valence-electron chi connectivity index (χ3n) is 5.61. The molecule has 3 rings (SSSR count). The van der Waals surface area contributed by atoms with Crippen LogP contribution in [-0.4, -0.2) is 59.9 Å². The monoisotopic (exact) mass is 404 g/mol. The number of carbonyl (C=O) groups is 2. The summed E-state index contributed by atoms with van der Waals surface area (Å²) in [4.78, 5) is 28.7. The highest BCUT2D eigenvalue weighted by molar-refractivity contribution is 5.85. The van der Waals surface area contributed by atoms with Crippen molar-refractivity contribution in [1.82, 2.24) is 15.1 Å². The molecular formula is C21H29ClN4O2. The maximum atomic E-state index is 12.4. The number of hydrogen-bond acceptors (Lipinski definition) is 4. The number of benzene rings is 1. The maximum Gasteiger partial charge on any atom is 0.235 e. The molecule has 1 heterocycles. The van der Waals surface area contributed by atoms with E-state index in [0.717, 1.165) is 32.1 Å². The highest BCUT2D eigenvalue weighted by Crippen LogP contribution is 2.28. The fraction of sp³-hybridized carbons (Fsp3) is 0.571. The SMILES string of the molecule is Cl.N#CC1(NC(=O)CN2CCN(C(=O)CCc3ccccc3)CC2)CCCC1. The van der Waals surface area contributed by atoms with Crippen LogP contribution >= 0.6 is 12.4 Å². The summed E-state index contributed by atoms with van der Waals surface area (Å²) in [7, 11) is 0. The first-order chi connectivity index (χ1) is 13.1. The van der Waals surface area contributed by atoms with E-state index in [0.29, 0.717) is 39.1 Å². The summed E-state index contributed by atoms with van der Waals surface area (Å²) in [6.45, 7) is 3.01. The van der Waals surface area contributed by atoms with Crippen LogP contribution in [0.2, 0.25) is 0 Å². The maximum absolute atomic E-state index is 12.4. The highest BCUT2D eigenvalue weighted by Gasteiger charge is 2.35. The van der Waals surface area contributed by atoms with Gasteiger partial charge in [0, 0.05) is 32.6 Å². The number of aryl methyl sites for hydroxylation is 1. The quantitative estimate of drug-likeness (QED) is 0.788. The third-order valence-corrected chi connectivity index (χ3v) is 5.61. The van der Waals surface area contributed by atoms with Gasteiger partial charge in [-0.3, -0.25) is 14.5 Å². The lowest BCUT2D eigenvalue weighted by atomic mass is 10.00. The molecule has 1 aromatic rings. The Morgan fingerprint density at radius 2 is 1.71 bits per heavy atom. The van der Waals surface area contributed by atoms with E-state index in [-0.39, 0.29) is 24.2 Å². The van der Waals surface area contributed by atoms with Gasteiger partial charge in [0.25, 0.3) is 0 Å². The van der Waals surface area contributed by atoms with E-state index in [1.165, 1.54) is 5.56 Å². The Hall–Kier alpha value is -2.10. The van der Waals surface area contributed by atoms with Crippen LogP contribution in [0.25, 0.3) is 0 Å². The summed E-state index contributed by atoms with van der Waals surface area (Å²) in [6, 6.07) is 12.3. The largest absolute Gasteiger partial charge is 0.340 e. The minimum Gasteiger partial charge on any atom is -0.340 e. The minimum atomic E-state index is -0.660. The molecule has 0 bridgehead atoms. The Bertz CT molecular complexity index is 690. The predicted molar refractivity (Wildman–Crippen MR) is 110 cm³/mol. The zero-order valence-electron chi connectivity index (χ0n) is 16.2. The van der Waals surface area contributed by atoms with Crippen LogP contribution in [0.1, 0.15) is 37.7 Å². The zero-order chi connectivity index (χ0) is 19.1. The molecule has 1 saturated heterocycles. The van der Waals surface area contributed by atoms with Crippen LogP contribution in [0.5, 0.6) is 0 Å². The van der Waals surface area contributed by atoms with Crippen molar-refractivity contribution in [1.29, 1.82) is 5.26 Å². The highest BCUT2D eigenvalue weighted by atomic mass is 35.5. The van der Waals surface area contributed by atoms with Crippen molar-refractivity contribution in [2.24, 2.45) is 0 Å². The van der Waals surface area contributed by atoms with E-state index in [1.807, 2.05) is 35.2 Å². The van der Waals surface area contributed by atoms with E-state index in [2.05, 4.69) is 16.3 Å². The Balaban J connectivity index is 0.00000280. The van der Waals surface area contributed by atoms with E-state index in [4.69, 9.17) is 0 Å². The first kappa shape index (κ1) is 22.2. The number of rotatable bonds is 6. The standard InChI is InChI=1S/C21H28N4O2.ClH/c22-17-21(10-4-5-11-21)23-19(26)16-24-12-14-25(15-13-24)20(27)9-8-18-6-2-1-3-7-18;/h1-3,6-7H,4-5,8-16H2,(H,23,26);1H. The Kier molecular flexibility index (Phi) is 8.28. The Morgan fingerprint density at radius 1 is 1.07 bits per heavy atom. The number of carbonyl (C=O) groups excluding carboxylic acids is 2. The van der Waals surface area contributed by atoms with Gasteiger partial charge in [0.15, 0.2) is 0 Å². The van der Waals surface area contributed by atoms with Crippen molar-refractivity contribution in [3.63, 3.8) is 0 Å². The molecule has 1 N–H and O–H groups in total. The molecule has 0 aromatic heterocycles. The van der Waals surface area contributed by atoms with Gasteiger partial charge in [-0.25, -0.2) is 0 Å². The van der Waals surface area contributed by atoms with Gasteiger partial charge in [-0.15, -0.1) is 12.4 Å². The molecule has 1 aromatic carbocycles. The van der Waals surface area contributed by atoms with Crippen molar-refractivity contribution in [3.8, 4) is 6.07 Å². The van der Waals surface area contributed by atoms with E-state index < -0.39 is 5.54 Å². The molecule has 2 aliphatic rings. The summed E-state index contributed by atoms with van der Waals surface area (Å²) in [5, 5.41) is 12.3. The molecule has 6 nitrogen and oxygen atoms in total. The second-order valence-electron chi connectivity index (χ2n) is 7.59. The molecule has 0 unspecified atom stereocenters. The first-order valence-electron chi connectivity index (χ1n) is 9.87.